The Hall–Kier alpha value is -0.610. The number of aliphatic hydroxyl groups is 1. The zero-order chi connectivity index (χ0) is 11.3. The molecule has 1 fully saturated rings. The minimum absolute atomic E-state index is 0.0944. The molecule has 0 spiro atoms. The number of rotatable bonds is 4. The Morgan fingerprint density at radius 3 is 2.53 bits per heavy atom. The third-order valence-electron chi connectivity index (χ3n) is 3.30. The molecule has 1 saturated carbocycles. The highest BCUT2D eigenvalue weighted by molar-refractivity contribution is 5.80. The largest absolute Gasteiger partial charge is 0.396 e. The monoisotopic (exact) mass is 214 g/mol. The fourth-order valence-corrected chi connectivity index (χ4v) is 2.13. The molecule has 0 bridgehead atoms. The Kier molecular flexibility index (Phi) is 4.54. The van der Waals surface area contributed by atoms with Crippen LogP contribution in [0.25, 0.3) is 0 Å². The van der Waals surface area contributed by atoms with E-state index in [1.54, 1.807) is 6.92 Å². The molecule has 0 unspecified atom stereocenters. The zero-order valence-corrected chi connectivity index (χ0v) is 9.46. The summed E-state index contributed by atoms with van der Waals surface area (Å²) in [4.78, 5) is 11.3. The van der Waals surface area contributed by atoms with Gasteiger partial charge in [0.15, 0.2) is 0 Å². The van der Waals surface area contributed by atoms with Gasteiger partial charge in [0, 0.05) is 12.0 Å². The van der Waals surface area contributed by atoms with Crippen molar-refractivity contribution in [1.29, 1.82) is 0 Å². The van der Waals surface area contributed by atoms with Crippen molar-refractivity contribution in [3.05, 3.63) is 0 Å². The molecule has 0 radical (unpaired) electrons. The maximum atomic E-state index is 11.3. The number of hydrogen-bond donors (Lipinski definition) is 3. The summed E-state index contributed by atoms with van der Waals surface area (Å²) >= 11 is 0. The van der Waals surface area contributed by atoms with Gasteiger partial charge in [-0.3, -0.25) is 4.79 Å². The van der Waals surface area contributed by atoms with Crippen LogP contribution in [0.4, 0.5) is 0 Å². The van der Waals surface area contributed by atoms with Gasteiger partial charge in [0.1, 0.15) is 0 Å². The van der Waals surface area contributed by atoms with Gasteiger partial charge in [-0.2, -0.15) is 0 Å². The summed E-state index contributed by atoms with van der Waals surface area (Å²) < 4.78 is 0. The molecule has 4 heteroatoms. The zero-order valence-electron chi connectivity index (χ0n) is 9.46. The van der Waals surface area contributed by atoms with E-state index in [0.717, 1.165) is 25.7 Å². The van der Waals surface area contributed by atoms with E-state index in [4.69, 9.17) is 5.73 Å². The van der Waals surface area contributed by atoms with Crippen LogP contribution in [0.5, 0.6) is 0 Å². The lowest BCUT2D eigenvalue weighted by Crippen LogP contribution is -2.46. The SMILES string of the molecule is C[C@@H](N)C(=O)NCC1(CO)CCCCC1. The number of aliphatic hydroxyl groups excluding tert-OH is 1. The summed E-state index contributed by atoms with van der Waals surface area (Å²) in [6, 6.07) is -0.468. The first-order valence-electron chi connectivity index (χ1n) is 5.74. The van der Waals surface area contributed by atoms with E-state index in [0.29, 0.717) is 6.54 Å². The Bertz CT molecular complexity index is 211. The lowest BCUT2D eigenvalue weighted by Gasteiger charge is -2.35. The first-order valence-corrected chi connectivity index (χ1v) is 5.74. The summed E-state index contributed by atoms with van der Waals surface area (Å²) in [6.45, 7) is 2.39. The average molecular weight is 214 g/mol. The maximum absolute atomic E-state index is 11.3. The fourth-order valence-electron chi connectivity index (χ4n) is 2.13. The van der Waals surface area contributed by atoms with E-state index in [9.17, 15) is 9.90 Å². The van der Waals surface area contributed by atoms with Gasteiger partial charge in [0.05, 0.1) is 12.6 Å². The van der Waals surface area contributed by atoms with Crippen LogP contribution in [0.3, 0.4) is 0 Å². The number of nitrogens with one attached hydrogen (secondary N) is 1. The second-order valence-corrected chi connectivity index (χ2v) is 4.73. The normalized spacial score (nSPS) is 22.1. The summed E-state index contributed by atoms with van der Waals surface area (Å²) in [7, 11) is 0. The van der Waals surface area contributed by atoms with Crippen molar-refractivity contribution in [2.45, 2.75) is 45.1 Å². The van der Waals surface area contributed by atoms with Crippen molar-refractivity contribution >= 4 is 5.91 Å². The lowest BCUT2D eigenvalue weighted by atomic mass is 9.74. The quantitative estimate of drug-likeness (QED) is 0.634. The molecular weight excluding hydrogens is 192 g/mol. The predicted octanol–water partition coefficient (Wildman–Crippen LogP) is 0.393. The molecular formula is C11H22N2O2. The first-order chi connectivity index (χ1) is 7.09. The molecule has 1 amide bonds. The van der Waals surface area contributed by atoms with Gasteiger partial charge in [-0.15, -0.1) is 0 Å². The molecule has 1 atom stereocenters. The van der Waals surface area contributed by atoms with Crippen molar-refractivity contribution in [2.75, 3.05) is 13.2 Å². The Labute approximate surface area is 91.2 Å². The molecule has 0 aromatic heterocycles. The van der Waals surface area contributed by atoms with Gasteiger partial charge < -0.3 is 16.2 Å². The molecule has 1 aliphatic carbocycles. The molecule has 4 N–H and O–H groups in total. The van der Waals surface area contributed by atoms with Gasteiger partial charge in [-0.1, -0.05) is 19.3 Å². The molecule has 1 aliphatic rings. The highest BCUT2D eigenvalue weighted by Gasteiger charge is 2.31. The highest BCUT2D eigenvalue weighted by atomic mass is 16.3. The van der Waals surface area contributed by atoms with Crippen LogP contribution in [0.2, 0.25) is 0 Å². The van der Waals surface area contributed by atoms with Crippen LogP contribution in [-0.4, -0.2) is 30.2 Å². The van der Waals surface area contributed by atoms with Crippen LogP contribution in [0.1, 0.15) is 39.0 Å². The van der Waals surface area contributed by atoms with Crippen molar-refractivity contribution in [3.63, 3.8) is 0 Å². The van der Waals surface area contributed by atoms with Crippen LogP contribution in [-0.2, 0) is 4.79 Å². The van der Waals surface area contributed by atoms with Crippen molar-refractivity contribution in [2.24, 2.45) is 11.1 Å². The van der Waals surface area contributed by atoms with E-state index < -0.39 is 6.04 Å². The molecule has 88 valence electrons. The maximum Gasteiger partial charge on any atom is 0.236 e. The number of hydrogen-bond acceptors (Lipinski definition) is 3. The smallest absolute Gasteiger partial charge is 0.236 e. The predicted molar refractivity (Wildman–Crippen MR) is 59.3 cm³/mol. The number of nitrogens with two attached hydrogens (primary N) is 1. The topological polar surface area (TPSA) is 75.4 Å². The molecule has 0 aromatic carbocycles. The molecule has 0 aliphatic heterocycles. The van der Waals surface area contributed by atoms with Crippen LogP contribution in [0, 0.1) is 5.41 Å². The van der Waals surface area contributed by atoms with Gasteiger partial charge in [-0.25, -0.2) is 0 Å². The lowest BCUT2D eigenvalue weighted by molar-refractivity contribution is -0.122. The van der Waals surface area contributed by atoms with Crippen molar-refractivity contribution in [3.8, 4) is 0 Å². The van der Waals surface area contributed by atoms with Gasteiger partial charge in [0.2, 0.25) is 5.91 Å². The van der Waals surface area contributed by atoms with Crippen LogP contribution in [0.15, 0.2) is 0 Å². The molecule has 0 aromatic rings. The highest BCUT2D eigenvalue weighted by Crippen LogP contribution is 2.35. The molecule has 4 nitrogen and oxygen atoms in total. The Balaban J connectivity index is 2.42. The molecule has 15 heavy (non-hydrogen) atoms. The van der Waals surface area contributed by atoms with Gasteiger partial charge in [0.25, 0.3) is 0 Å². The van der Waals surface area contributed by atoms with Crippen LogP contribution >= 0.6 is 0 Å². The summed E-state index contributed by atoms with van der Waals surface area (Å²) in [5, 5.41) is 12.2. The van der Waals surface area contributed by atoms with Gasteiger partial charge in [-0.05, 0) is 19.8 Å². The average Bonchev–Trinajstić information content (AvgIpc) is 2.27. The van der Waals surface area contributed by atoms with Gasteiger partial charge >= 0.3 is 0 Å². The molecule has 0 saturated heterocycles. The van der Waals surface area contributed by atoms with E-state index >= 15 is 0 Å². The van der Waals surface area contributed by atoms with Crippen molar-refractivity contribution in [1.82, 2.24) is 5.32 Å². The Morgan fingerprint density at radius 2 is 2.07 bits per heavy atom. The summed E-state index contributed by atoms with van der Waals surface area (Å²) in [5.41, 5.74) is 5.37. The second-order valence-electron chi connectivity index (χ2n) is 4.73. The standard InChI is InChI=1S/C11H22N2O2/c1-9(12)10(15)13-7-11(8-14)5-3-2-4-6-11/h9,14H,2-8,12H2,1H3,(H,13,15)/t9-/m1/s1. The third kappa shape index (κ3) is 3.47. The van der Waals surface area contributed by atoms with E-state index in [1.807, 2.05) is 0 Å². The van der Waals surface area contributed by atoms with E-state index in [2.05, 4.69) is 5.32 Å². The Morgan fingerprint density at radius 1 is 1.47 bits per heavy atom. The third-order valence-corrected chi connectivity index (χ3v) is 3.30. The molecule has 0 heterocycles. The van der Waals surface area contributed by atoms with Crippen molar-refractivity contribution < 1.29 is 9.90 Å². The number of carbonyl (C=O) groups is 1. The number of carbonyl (C=O) groups excluding carboxylic acids is 1. The summed E-state index contributed by atoms with van der Waals surface area (Å²) in [5.74, 6) is -0.131. The second kappa shape index (κ2) is 5.47. The summed E-state index contributed by atoms with van der Waals surface area (Å²) in [6.07, 6.45) is 5.54. The minimum atomic E-state index is -0.468. The van der Waals surface area contributed by atoms with Crippen LogP contribution < -0.4 is 11.1 Å². The molecule has 1 rings (SSSR count). The fraction of sp³-hybridized carbons (Fsp3) is 0.909. The first kappa shape index (κ1) is 12.5. The van der Waals surface area contributed by atoms with E-state index in [1.165, 1.54) is 6.42 Å². The number of amides is 1. The van der Waals surface area contributed by atoms with E-state index in [-0.39, 0.29) is 17.9 Å². The minimum Gasteiger partial charge on any atom is -0.396 e.